The summed E-state index contributed by atoms with van der Waals surface area (Å²) in [5.74, 6) is 5.44. The minimum Gasteiger partial charge on any atom is -0.271 e. The molecule has 1 rings (SSSR count). The molecule has 0 bridgehead atoms. The van der Waals surface area contributed by atoms with Gasteiger partial charge in [0.2, 0.25) is 0 Å². The minimum absolute atomic E-state index is 0.0852. The molecule has 1 atom stereocenters. The minimum atomic E-state index is 0.0852. The first-order valence-corrected chi connectivity index (χ1v) is 5.66. The van der Waals surface area contributed by atoms with Crippen molar-refractivity contribution >= 4 is 34.2 Å². The summed E-state index contributed by atoms with van der Waals surface area (Å²) in [7, 11) is 0. The van der Waals surface area contributed by atoms with E-state index in [1.807, 2.05) is 24.3 Å². The van der Waals surface area contributed by atoms with Crippen molar-refractivity contribution in [3.63, 3.8) is 0 Å². The van der Waals surface area contributed by atoms with E-state index in [1.54, 1.807) is 0 Å². The summed E-state index contributed by atoms with van der Waals surface area (Å²) in [6.07, 6.45) is 2.61. The lowest BCUT2D eigenvalue weighted by Gasteiger charge is -2.14. The molecule has 0 spiro atoms. The Morgan fingerprint density at radius 2 is 2.36 bits per heavy atom. The standard InChI is InChI=1S/C10H12ClIN2/c1-2-3-10(14-13)7-4-5-9(12)8(11)6-7/h2,4-6,10,14H,1,3,13H2. The van der Waals surface area contributed by atoms with Gasteiger partial charge in [0.25, 0.3) is 0 Å². The lowest BCUT2D eigenvalue weighted by molar-refractivity contribution is 0.561. The van der Waals surface area contributed by atoms with E-state index in [0.717, 1.165) is 20.6 Å². The van der Waals surface area contributed by atoms with E-state index in [4.69, 9.17) is 17.4 Å². The highest BCUT2D eigenvalue weighted by Crippen LogP contribution is 2.24. The first-order valence-electron chi connectivity index (χ1n) is 4.21. The van der Waals surface area contributed by atoms with Gasteiger partial charge in [-0.1, -0.05) is 23.7 Å². The van der Waals surface area contributed by atoms with Crippen LogP contribution in [0.1, 0.15) is 18.0 Å². The Bertz CT molecular complexity index is 328. The average molecular weight is 323 g/mol. The number of nitrogens with two attached hydrogens (primary N) is 1. The highest BCUT2D eigenvalue weighted by atomic mass is 127. The molecule has 0 amide bonds. The van der Waals surface area contributed by atoms with Gasteiger partial charge < -0.3 is 0 Å². The first-order chi connectivity index (χ1) is 6.69. The van der Waals surface area contributed by atoms with Crippen LogP contribution >= 0.6 is 34.2 Å². The third kappa shape index (κ3) is 2.95. The van der Waals surface area contributed by atoms with Gasteiger partial charge in [0.15, 0.2) is 0 Å². The Balaban J connectivity index is 2.93. The van der Waals surface area contributed by atoms with E-state index in [2.05, 4.69) is 34.6 Å². The molecule has 0 aromatic heterocycles. The van der Waals surface area contributed by atoms with E-state index in [1.165, 1.54) is 0 Å². The summed E-state index contributed by atoms with van der Waals surface area (Å²) in [5, 5.41) is 0.757. The van der Waals surface area contributed by atoms with Crippen LogP contribution in [0.15, 0.2) is 30.9 Å². The van der Waals surface area contributed by atoms with Crippen molar-refractivity contribution in [1.82, 2.24) is 5.43 Å². The summed E-state index contributed by atoms with van der Waals surface area (Å²) in [5.41, 5.74) is 3.81. The summed E-state index contributed by atoms with van der Waals surface area (Å²) >= 11 is 8.21. The molecule has 1 aromatic rings. The van der Waals surface area contributed by atoms with Crippen LogP contribution in [0.25, 0.3) is 0 Å². The second-order valence-electron chi connectivity index (χ2n) is 2.92. The third-order valence-corrected chi connectivity index (χ3v) is 3.52. The van der Waals surface area contributed by atoms with Crippen LogP contribution in [-0.2, 0) is 0 Å². The molecule has 0 aliphatic rings. The largest absolute Gasteiger partial charge is 0.271 e. The van der Waals surface area contributed by atoms with E-state index in [0.29, 0.717) is 0 Å². The molecule has 0 fully saturated rings. The van der Waals surface area contributed by atoms with Gasteiger partial charge >= 0.3 is 0 Å². The van der Waals surface area contributed by atoms with Gasteiger partial charge in [0, 0.05) is 9.61 Å². The van der Waals surface area contributed by atoms with Crippen molar-refractivity contribution in [3.8, 4) is 0 Å². The van der Waals surface area contributed by atoms with Gasteiger partial charge in [-0.15, -0.1) is 6.58 Å². The number of hydrogen-bond acceptors (Lipinski definition) is 2. The van der Waals surface area contributed by atoms with Crippen LogP contribution in [0.5, 0.6) is 0 Å². The predicted octanol–water partition coefficient (Wildman–Crippen LogP) is 3.03. The Labute approximate surface area is 103 Å². The molecule has 0 aliphatic carbocycles. The monoisotopic (exact) mass is 322 g/mol. The summed E-state index contributed by atoms with van der Waals surface area (Å²) in [4.78, 5) is 0. The Kier molecular flexibility index (Phi) is 4.88. The fraction of sp³-hybridized carbons (Fsp3) is 0.200. The topological polar surface area (TPSA) is 38.0 Å². The van der Waals surface area contributed by atoms with E-state index in [9.17, 15) is 0 Å². The van der Waals surface area contributed by atoms with Crippen LogP contribution in [0.2, 0.25) is 5.02 Å². The molecule has 0 radical (unpaired) electrons. The molecular weight excluding hydrogens is 310 g/mol. The predicted molar refractivity (Wildman–Crippen MR) is 69.0 cm³/mol. The maximum absolute atomic E-state index is 6.01. The summed E-state index contributed by atoms with van der Waals surface area (Å²) < 4.78 is 1.04. The number of rotatable bonds is 4. The lowest BCUT2D eigenvalue weighted by atomic mass is 10.0. The normalized spacial score (nSPS) is 12.5. The zero-order valence-electron chi connectivity index (χ0n) is 7.63. The summed E-state index contributed by atoms with van der Waals surface area (Å²) in [6.45, 7) is 3.68. The van der Waals surface area contributed by atoms with Crippen molar-refractivity contribution in [2.75, 3.05) is 0 Å². The lowest BCUT2D eigenvalue weighted by Crippen LogP contribution is -2.27. The SMILES string of the molecule is C=CCC(NN)c1ccc(I)c(Cl)c1. The number of benzene rings is 1. The highest BCUT2D eigenvalue weighted by Gasteiger charge is 2.08. The van der Waals surface area contributed by atoms with E-state index < -0.39 is 0 Å². The zero-order chi connectivity index (χ0) is 10.6. The maximum atomic E-state index is 6.01. The molecule has 0 saturated carbocycles. The number of nitrogens with one attached hydrogen (secondary N) is 1. The van der Waals surface area contributed by atoms with Crippen LogP contribution in [-0.4, -0.2) is 0 Å². The highest BCUT2D eigenvalue weighted by molar-refractivity contribution is 14.1. The van der Waals surface area contributed by atoms with E-state index in [-0.39, 0.29) is 6.04 Å². The molecule has 2 nitrogen and oxygen atoms in total. The van der Waals surface area contributed by atoms with Crippen molar-refractivity contribution in [1.29, 1.82) is 0 Å². The molecule has 4 heteroatoms. The molecule has 1 aromatic carbocycles. The second kappa shape index (κ2) is 5.70. The van der Waals surface area contributed by atoms with Gasteiger partial charge in [-0.25, -0.2) is 0 Å². The first kappa shape index (κ1) is 12.0. The molecule has 1 unspecified atom stereocenters. The number of hydrazine groups is 1. The molecule has 0 saturated heterocycles. The summed E-state index contributed by atoms with van der Waals surface area (Å²) in [6, 6.07) is 6.01. The quantitative estimate of drug-likeness (QED) is 0.387. The Hall–Kier alpha value is -0.100. The Morgan fingerprint density at radius 1 is 1.64 bits per heavy atom. The van der Waals surface area contributed by atoms with Gasteiger partial charge in [-0.3, -0.25) is 11.3 Å². The molecule has 76 valence electrons. The van der Waals surface area contributed by atoms with Crippen LogP contribution < -0.4 is 11.3 Å². The van der Waals surface area contributed by atoms with Crippen molar-refractivity contribution in [2.45, 2.75) is 12.5 Å². The molecule has 0 heterocycles. The zero-order valence-corrected chi connectivity index (χ0v) is 10.5. The van der Waals surface area contributed by atoms with Gasteiger partial charge in [0.05, 0.1) is 5.02 Å². The van der Waals surface area contributed by atoms with Crippen molar-refractivity contribution in [3.05, 3.63) is 45.0 Å². The van der Waals surface area contributed by atoms with Crippen molar-refractivity contribution < 1.29 is 0 Å². The van der Waals surface area contributed by atoms with Crippen molar-refractivity contribution in [2.24, 2.45) is 5.84 Å². The van der Waals surface area contributed by atoms with Crippen LogP contribution in [0.4, 0.5) is 0 Å². The fourth-order valence-electron chi connectivity index (χ4n) is 1.20. The molecule has 3 N–H and O–H groups in total. The number of hydrogen-bond donors (Lipinski definition) is 2. The maximum Gasteiger partial charge on any atom is 0.0542 e. The van der Waals surface area contributed by atoms with Crippen LogP contribution in [0, 0.1) is 3.57 Å². The van der Waals surface area contributed by atoms with Gasteiger partial charge in [-0.05, 0) is 46.7 Å². The van der Waals surface area contributed by atoms with Gasteiger partial charge in [-0.2, -0.15) is 0 Å². The number of halogens is 2. The van der Waals surface area contributed by atoms with Gasteiger partial charge in [0.1, 0.15) is 0 Å². The molecule has 0 aliphatic heterocycles. The fourth-order valence-corrected chi connectivity index (χ4v) is 1.72. The second-order valence-corrected chi connectivity index (χ2v) is 4.49. The molecule has 14 heavy (non-hydrogen) atoms. The van der Waals surface area contributed by atoms with Crippen LogP contribution in [0.3, 0.4) is 0 Å². The third-order valence-electron chi connectivity index (χ3n) is 1.95. The van der Waals surface area contributed by atoms with E-state index >= 15 is 0 Å². The Morgan fingerprint density at radius 3 is 2.86 bits per heavy atom. The molecular formula is C10H12ClIN2. The average Bonchev–Trinajstić information content (AvgIpc) is 2.19. The smallest absolute Gasteiger partial charge is 0.0542 e.